The average Bonchev–Trinajstić information content (AvgIpc) is 2.67. The van der Waals surface area contributed by atoms with Crippen LogP contribution in [0.25, 0.3) is 0 Å². The van der Waals surface area contributed by atoms with Crippen molar-refractivity contribution >= 4 is 11.8 Å². The van der Waals surface area contributed by atoms with Crippen LogP contribution in [-0.2, 0) is 7.05 Å². The predicted molar refractivity (Wildman–Crippen MR) is 67.3 cm³/mol. The van der Waals surface area contributed by atoms with Gasteiger partial charge in [0.25, 0.3) is 0 Å². The highest BCUT2D eigenvalue weighted by atomic mass is 16.5. The lowest BCUT2D eigenvalue weighted by molar-refractivity contribution is 0.0367. The van der Waals surface area contributed by atoms with E-state index >= 15 is 0 Å². The molecule has 0 unspecified atom stereocenters. The van der Waals surface area contributed by atoms with E-state index in [2.05, 4.69) is 5.32 Å². The van der Waals surface area contributed by atoms with E-state index in [0.29, 0.717) is 5.75 Å². The number of ether oxygens (including phenoxy) is 1. The van der Waals surface area contributed by atoms with Crippen LogP contribution in [0.4, 0.5) is 5.82 Å². The topological polar surface area (TPSA) is 63.5 Å². The number of nitrogens with zero attached hydrogens (tertiary/aromatic N) is 1. The van der Waals surface area contributed by atoms with Crippen molar-refractivity contribution in [1.29, 1.82) is 0 Å². The zero-order valence-electron chi connectivity index (χ0n) is 10.5. The number of aromatic nitrogens is 1. The molecule has 0 saturated heterocycles. The normalized spacial score (nSPS) is 20.9. The molecule has 1 fully saturated rings. The Bertz CT molecular complexity index is 487. The Labute approximate surface area is 106 Å². The Hall–Kier alpha value is -1.65. The quantitative estimate of drug-likeness (QED) is 0.802. The van der Waals surface area contributed by atoms with Gasteiger partial charge in [0, 0.05) is 13.1 Å². The molecule has 5 heteroatoms. The molecule has 2 aliphatic rings. The van der Waals surface area contributed by atoms with Gasteiger partial charge in [-0.3, -0.25) is 0 Å². The van der Waals surface area contributed by atoms with Gasteiger partial charge in [0.05, 0.1) is 6.54 Å². The van der Waals surface area contributed by atoms with Crippen LogP contribution in [0.3, 0.4) is 0 Å². The maximum atomic E-state index is 11.1. The van der Waals surface area contributed by atoms with Crippen molar-refractivity contribution in [1.82, 2.24) is 4.57 Å². The maximum Gasteiger partial charge on any atom is 0.352 e. The van der Waals surface area contributed by atoms with Crippen LogP contribution >= 0.6 is 0 Å². The minimum Gasteiger partial charge on any atom is -0.482 e. The van der Waals surface area contributed by atoms with E-state index < -0.39 is 5.97 Å². The first-order valence-corrected chi connectivity index (χ1v) is 6.47. The highest BCUT2D eigenvalue weighted by Gasteiger charge is 2.39. The molecule has 1 spiro atoms. The largest absolute Gasteiger partial charge is 0.482 e. The smallest absolute Gasteiger partial charge is 0.352 e. The number of carboxylic acids is 1. The van der Waals surface area contributed by atoms with Gasteiger partial charge in [-0.05, 0) is 25.7 Å². The summed E-state index contributed by atoms with van der Waals surface area (Å²) in [5.41, 5.74) is 0.142. The number of hydrogen-bond acceptors (Lipinski definition) is 3. The molecule has 0 radical (unpaired) electrons. The standard InChI is InChI=1S/C13H18N2O3/c1-15-9(12(16)17)7-10-11(15)14-8-13(18-10)5-3-2-4-6-13/h7,14H,2-6,8H2,1H3,(H,16,17). The number of hydrogen-bond donors (Lipinski definition) is 2. The van der Waals surface area contributed by atoms with Gasteiger partial charge < -0.3 is 19.7 Å². The second kappa shape index (κ2) is 3.93. The highest BCUT2D eigenvalue weighted by molar-refractivity contribution is 5.88. The van der Waals surface area contributed by atoms with Crippen LogP contribution in [-0.4, -0.2) is 27.8 Å². The molecule has 0 atom stereocenters. The fourth-order valence-corrected chi connectivity index (χ4v) is 3.05. The summed E-state index contributed by atoms with van der Waals surface area (Å²) < 4.78 is 7.77. The Kier molecular flexibility index (Phi) is 2.50. The summed E-state index contributed by atoms with van der Waals surface area (Å²) in [6.07, 6.45) is 5.76. The third kappa shape index (κ3) is 1.65. The summed E-state index contributed by atoms with van der Waals surface area (Å²) in [6, 6.07) is 1.63. The first-order chi connectivity index (χ1) is 8.61. The molecule has 1 aromatic heterocycles. The molecule has 98 valence electrons. The minimum absolute atomic E-state index is 0.123. The molecular formula is C13H18N2O3. The molecular weight excluding hydrogens is 232 g/mol. The Morgan fingerprint density at radius 2 is 2.17 bits per heavy atom. The van der Waals surface area contributed by atoms with E-state index in [4.69, 9.17) is 9.84 Å². The van der Waals surface area contributed by atoms with E-state index in [0.717, 1.165) is 25.2 Å². The summed E-state index contributed by atoms with van der Waals surface area (Å²) in [6.45, 7) is 0.775. The lowest BCUT2D eigenvalue weighted by Crippen LogP contribution is -2.47. The average molecular weight is 250 g/mol. The summed E-state index contributed by atoms with van der Waals surface area (Å²) in [4.78, 5) is 11.1. The zero-order valence-corrected chi connectivity index (χ0v) is 10.5. The molecule has 1 saturated carbocycles. The second-order valence-corrected chi connectivity index (χ2v) is 5.31. The Balaban J connectivity index is 1.93. The van der Waals surface area contributed by atoms with Crippen molar-refractivity contribution in [3.8, 4) is 5.75 Å². The third-order valence-corrected chi connectivity index (χ3v) is 4.09. The van der Waals surface area contributed by atoms with Gasteiger partial charge >= 0.3 is 5.97 Å². The van der Waals surface area contributed by atoms with Crippen LogP contribution in [0.1, 0.15) is 42.6 Å². The summed E-state index contributed by atoms with van der Waals surface area (Å²) >= 11 is 0. The fraction of sp³-hybridized carbons (Fsp3) is 0.615. The lowest BCUT2D eigenvalue weighted by atomic mass is 9.84. The number of fused-ring (bicyclic) bond motifs is 1. The van der Waals surface area contributed by atoms with Gasteiger partial charge in [-0.2, -0.15) is 0 Å². The van der Waals surface area contributed by atoms with Gasteiger partial charge in [0.1, 0.15) is 17.1 Å². The molecule has 2 N–H and O–H groups in total. The first kappa shape index (κ1) is 11.4. The Morgan fingerprint density at radius 1 is 1.44 bits per heavy atom. The SMILES string of the molecule is Cn1c(C(=O)O)cc2c1NCC1(CCCCC1)O2. The van der Waals surface area contributed by atoms with Crippen molar-refractivity contribution in [3.63, 3.8) is 0 Å². The van der Waals surface area contributed by atoms with E-state index in [1.807, 2.05) is 0 Å². The first-order valence-electron chi connectivity index (χ1n) is 6.47. The molecule has 0 bridgehead atoms. The molecule has 18 heavy (non-hydrogen) atoms. The van der Waals surface area contributed by atoms with Crippen molar-refractivity contribution in [2.75, 3.05) is 11.9 Å². The Morgan fingerprint density at radius 3 is 2.83 bits per heavy atom. The van der Waals surface area contributed by atoms with Crippen LogP contribution in [0.15, 0.2) is 6.07 Å². The molecule has 3 rings (SSSR count). The number of carboxylic acid groups (broad SMARTS) is 1. The van der Waals surface area contributed by atoms with Crippen LogP contribution in [0.5, 0.6) is 5.75 Å². The van der Waals surface area contributed by atoms with Gasteiger partial charge in [-0.1, -0.05) is 6.42 Å². The van der Waals surface area contributed by atoms with E-state index in [9.17, 15) is 4.79 Å². The summed E-state index contributed by atoms with van der Waals surface area (Å²) in [5.74, 6) is 0.543. The second-order valence-electron chi connectivity index (χ2n) is 5.31. The molecule has 1 aliphatic heterocycles. The van der Waals surface area contributed by atoms with Crippen LogP contribution < -0.4 is 10.1 Å². The molecule has 0 amide bonds. The van der Waals surface area contributed by atoms with Gasteiger partial charge in [-0.25, -0.2) is 4.79 Å². The minimum atomic E-state index is -0.921. The van der Waals surface area contributed by atoms with Gasteiger partial charge in [0.2, 0.25) is 0 Å². The van der Waals surface area contributed by atoms with Crippen molar-refractivity contribution in [3.05, 3.63) is 11.8 Å². The highest BCUT2D eigenvalue weighted by Crippen LogP contribution is 2.41. The van der Waals surface area contributed by atoms with Crippen molar-refractivity contribution in [2.45, 2.75) is 37.7 Å². The van der Waals surface area contributed by atoms with Gasteiger partial charge in [0.15, 0.2) is 5.75 Å². The molecule has 0 aromatic carbocycles. The van der Waals surface area contributed by atoms with Crippen LogP contribution in [0, 0.1) is 0 Å². The number of aromatic carboxylic acids is 1. The summed E-state index contributed by atoms with van der Waals surface area (Å²) in [5, 5.41) is 12.5. The number of anilines is 1. The van der Waals surface area contributed by atoms with Crippen molar-refractivity contribution < 1.29 is 14.6 Å². The predicted octanol–water partition coefficient (Wildman–Crippen LogP) is 2.23. The van der Waals surface area contributed by atoms with Crippen molar-refractivity contribution in [2.24, 2.45) is 7.05 Å². The molecule has 1 aliphatic carbocycles. The molecule has 2 heterocycles. The van der Waals surface area contributed by atoms with E-state index in [-0.39, 0.29) is 11.3 Å². The lowest BCUT2D eigenvalue weighted by Gasteiger charge is -2.41. The molecule has 1 aromatic rings. The number of carbonyl (C=O) groups is 1. The van der Waals surface area contributed by atoms with E-state index in [1.54, 1.807) is 17.7 Å². The van der Waals surface area contributed by atoms with E-state index in [1.165, 1.54) is 19.3 Å². The number of rotatable bonds is 1. The van der Waals surface area contributed by atoms with Gasteiger partial charge in [-0.15, -0.1) is 0 Å². The third-order valence-electron chi connectivity index (χ3n) is 4.09. The molecule has 5 nitrogen and oxygen atoms in total. The zero-order chi connectivity index (χ0) is 12.8. The summed E-state index contributed by atoms with van der Waals surface area (Å²) in [7, 11) is 1.75. The van der Waals surface area contributed by atoms with Crippen LogP contribution in [0.2, 0.25) is 0 Å². The monoisotopic (exact) mass is 250 g/mol. The maximum absolute atomic E-state index is 11.1. The number of nitrogens with one attached hydrogen (secondary N) is 1. The fourth-order valence-electron chi connectivity index (χ4n) is 3.05.